The van der Waals surface area contributed by atoms with E-state index in [-0.39, 0.29) is 5.78 Å². The monoisotopic (exact) mass is 270 g/mol. The van der Waals surface area contributed by atoms with Gasteiger partial charge in [0.15, 0.2) is 5.78 Å². The van der Waals surface area contributed by atoms with Gasteiger partial charge in [0.05, 0.1) is 5.69 Å². The maximum absolute atomic E-state index is 12.3. The van der Waals surface area contributed by atoms with E-state index in [4.69, 9.17) is 0 Å². The molecule has 0 fully saturated rings. The second-order valence-corrected chi connectivity index (χ2v) is 5.13. The summed E-state index contributed by atoms with van der Waals surface area (Å²) in [4.78, 5) is 12.3. The Morgan fingerprint density at radius 1 is 1.10 bits per heavy atom. The van der Waals surface area contributed by atoms with Crippen LogP contribution in [-0.4, -0.2) is 15.6 Å². The van der Waals surface area contributed by atoms with Crippen LogP contribution in [0.15, 0.2) is 24.3 Å². The minimum atomic E-state index is 0.112. The van der Waals surface area contributed by atoms with Gasteiger partial charge in [-0.3, -0.25) is 9.48 Å². The van der Waals surface area contributed by atoms with E-state index in [1.54, 1.807) is 0 Å². The molecule has 1 aromatic heterocycles. The van der Waals surface area contributed by atoms with Crippen molar-refractivity contribution in [3.63, 3.8) is 0 Å². The fraction of sp³-hybridized carbons (Fsp3) is 0.412. The van der Waals surface area contributed by atoms with Gasteiger partial charge in [0.2, 0.25) is 0 Å². The smallest absolute Gasteiger partial charge is 0.184 e. The zero-order valence-corrected chi connectivity index (χ0v) is 12.7. The number of ketones is 1. The first-order chi connectivity index (χ1) is 9.56. The first kappa shape index (κ1) is 14.5. The maximum Gasteiger partial charge on any atom is 0.184 e. The lowest BCUT2D eigenvalue weighted by atomic mass is 10.1. The third-order valence-corrected chi connectivity index (χ3v) is 3.86. The lowest BCUT2D eigenvalue weighted by molar-refractivity contribution is 0.0966. The third-order valence-electron chi connectivity index (χ3n) is 3.86. The van der Waals surface area contributed by atoms with Crippen molar-refractivity contribution in [3.8, 4) is 0 Å². The predicted molar refractivity (Wildman–Crippen MR) is 81.2 cm³/mol. The van der Waals surface area contributed by atoms with E-state index in [0.29, 0.717) is 6.54 Å². The van der Waals surface area contributed by atoms with E-state index in [2.05, 4.69) is 18.9 Å². The van der Waals surface area contributed by atoms with Gasteiger partial charge in [0.1, 0.15) is 6.54 Å². The molecule has 0 radical (unpaired) electrons. The van der Waals surface area contributed by atoms with E-state index in [1.165, 1.54) is 11.1 Å². The molecule has 2 rings (SSSR count). The Bertz CT molecular complexity index is 609. The Balaban J connectivity index is 2.18. The van der Waals surface area contributed by atoms with Crippen LogP contribution in [0, 0.1) is 13.8 Å². The van der Waals surface area contributed by atoms with Crippen LogP contribution in [0.1, 0.15) is 46.7 Å². The summed E-state index contributed by atoms with van der Waals surface area (Å²) in [6.07, 6.45) is 1.95. The van der Waals surface area contributed by atoms with Gasteiger partial charge in [0.25, 0.3) is 0 Å². The first-order valence-electron chi connectivity index (χ1n) is 7.21. The number of Topliss-reactive ketones (excluding diaryl/α,β-unsaturated/α-hetero) is 1. The Hall–Kier alpha value is -1.90. The normalized spacial score (nSPS) is 10.8. The van der Waals surface area contributed by atoms with Crippen LogP contribution in [0.3, 0.4) is 0 Å². The summed E-state index contributed by atoms with van der Waals surface area (Å²) in [6, 6.07) is 7.86. The van der Waals surface area contributed by atoms with Crippen LogP contribution in [0.4, 0.5) is 0 Å². The van der Waals surface area contributed by atoms with E-state index < -0.39 is 0 Å². The molecule has 1 heterocycles. The second kappa shape index (κ2) is 6.04. The Kier molecular flexibility index (Phi) is 4.38. The molecule has 106 valence electrons. The van der Waals surface area contributed by atoms with Gasteiger partial charge in [-0.1, -0.05) is 38.1 Å². The molecule has 0 aliphatic rings. The van der Waals surface area contributed by atoms with Crippen molar-refractivity contribution in [2.24, 2.45) is 0 Å². The average Bonchev–Trinajstić information content (AvgIpc) is 2.73. The highest BCUT2D eigenvalue weighted by Crippen LogP contribution is 2.14. The molecule has 2 aromatic rings. The van der Waals surface area contributed by atoms with Crippen molar-refractivity contribution in [1.29, 1.82) is 0 Å². The van der Waals surface area contributed by atoms with Crippen LogP contribution in [0.2, 0.25) is 0 Å². The van der Waals surface area contributed by atoms with Gasteiger partial charge in [-0.05, 0) is 37.8 Å². The number of carbonyl (C=O) groups excluding carboxylic acids is 1. The van der Waals surface area contributed by atoms with Crippen LogP contribution in [0.5, 0.6) is 0 Å². The van der Waals surface area contributed by atoms with Gasteiger partial charge in [0, 0.05) is 11.3 Å². The van der Waals surface area contributed by atoms with E-state index in [0.717, 1.165) is 29.8 Å². The molecule has 0 saturated heterocycles. The summed E-state index contributed by atoms with van der Waals surface area (Å²) in [5, 5.41) is 4.48. The summed E-state index contributed by atoms with van der Waals surface area (Å²) in [6.45, 7) is 8.58. The summed E-state index contributed by atoms with van der Waals surface area (Å²) in [5.41, 5.74) is 5.38. The minimum Gasteiger partial charge on any atom is -0.292 e. The van der Waals surface area contributed by atoms with Gasteiger partial charge >= 0.3 is 0 Å². The maximum atomic E-state index is 12.3. The summed E-state index contributed by atoms with van der Waals surface area (Å²) >= 11 is 0. The first-order valence-corrected chi connectivity index (χ1v) is 7.21. The molecule has 3 heteroatoms. The van der Waals surface area contributed by atoms with E-state index >= 15 is 0 Å². The molecular weight excluding hydrogens is 248 g/mol. The molecule has 0 unspecified atom stereocenters. The molecule has 0 N–H and O–H groups in total. The highest BCUT2D eigenvalue weighted by molar-refractivity contribution is 5.95. The topological polar surface area (TPSA) is 34.9 Å². The Morgan fingerprint density at radius 3 is 2.25 bits per heavy atom. The number of hydrogen-bond acceptors (Lipinski definition) is 2. The molecule has 3 nitrogen and oxygen atoms in total. The van der Waals surface area contributed by atoms with Crippen LogP contribution in [-0.2, 0) is 19.4 Å². The van der Waals surface area contributed by atoms with Crippen molar-refractivity contribution in [2.45, 2.75) is 47.1 Å². The lowest BCUT2D eigenvalue weighted by Crippen LogP contribution is -2.13. The molecule has 0 spiro atoms. The molecule has 20 heavy (non-hydrogen) atoms. The largest absolute Gasteiger partial charge is 0.292 e. The Labute approximate surface area is 120 Å². The number of hydrogen-bond donors (Lipinski definition) is 0. The quantitative estimate of drug-likeness (QED) is 0.779. The molecule has 0 saturated carbocycles. The Morgan fingerprint density at radius 2 is 1.75 bits per heavy atom. The SMILES string of the molecule is CCc1ccc(C(=O)Cn2nc(C)c(CC)c2C)cc1. The van der Waals surface area contributed by atoms with Crippen molar-refractivity contribution >= 4 is 5.78 Å². The van der Waals surface area contributed by atoms with Crippen molar-refractivity contribution in [2.75, 3.05) is 0 Å². The third kappa shape index (κ3) is 2.82. The van der Waals surface area contributed by atoms with E-state index in [1.807, 2.05) is 42.8 Å². The zero-order chi connectivity index (χ0) is 14.7. The molecule has 0 bridgehead atoms. The number of rotatable bonds is 5. The lowest BCUT2D eigenvalue weighted by Gasteiger charge is -2.05. The summed E-state index contributed by atoms with van der Waals surface area (Å²) < 4.78 is 1.82. The minimum absolute atomic E-state index is 0.112. The number of aromatic nitrogens is 2. The van der Waals surface area contributed by atoms with Crippen LogP contribution < -0.4 is 0 Å². The molecule has 1 aromatic carbocycles. The number of carbonyl (C=O) groups is 1. The molecule has 0 aliphatic carbocycles. The molecule has 0 amide bonds. The van der Waals surface area contributed by atoms with Crippen molar-refractivity contribution in [3.05, 3.63) is 52.3 Å². The van der Waals surface area contributed by atoms with E-state index in [9.17, 15) is 4.79 Å². The van der Waals surface area contributed by atoms with Gasteiger partial charge < -0.3 is 0 Å². The predicted octanol–water partition coefficient (Wildman–Crippen LogP) is 3.51. The standard InChI is InChI=1S/C17H22N2O/c1-5-14-7-9-15(10-8-14)17(20)11-19-13(4)16(6-2)12(3)18-19/h7-10H,5-6,11H2,1-4H3. The van der Waals surface area contributed by atoms with Gasteiger partial charge in [-0.25, -0.2) is 0 Å². The van der Waals surface area contributed by atoms with Crippen LogP contribution >= 0.6 is 0 Å². The highest BCUT2D eigenvalue weighted by atomic mass is 16.1. The highest BCUT2D eigenvalue weighted by Gasteiger charge is 2.13. The number of nitrogens with zero attached hydrogens (tertiary/aromatic N) is 2. The number of benzene rings is 1. The average molecular weight is 270 g/mol. The molecule has 0 atom stereocenters. The zero-order valence-electron chi connectivity index (χ0n) is 12.7. The fourth-order valence-electron chi connectivity index (χ4n) is 2.55. The van der Waals surface area contributed by atoms with Crippen LogP contribution in [0.25, 0.3) is 0 Å². The number of aryl methyl sites for hydroxylation is 2. The molecular formula is C17H22N2O. The summed E-state index contributed by atoms with van der Waals surface area (Å²) in [7, 11) is 0. The van der Waals surface area contributed by atoms with Crippen molar-refractivity contribution in [1.82, 2.24) is 9.78 Å². The molecule has 0 aliphatic heterocycles. The summed E-state index contributed by atoms with van der Waals surface area (Å²) in [5.74, 6) is 0.112. The van der Waals surface area contributed by atoms with Crippen molar-refractivity contribution < 1.29 is 4.79 Å². The van der Waals surface area contributed by atoms with Gasteiger partial charge in [-0.2, -0.15) is 5.10 Å². The van der Waals surface area contributed by atoms with Gasteiger partial charge in [-0.15, -0.1) is 0 Å². The second-order valence-electron chi connectivity index (χ2n) is 5.13. The fourth-order valence-corrected chi connectivity index (χ4v) is 2.55.